The van der Waals surface area contributed by atoms with E-state index >= 15 is 0 Å². The number of nitrogens with two attached hydrogens (primary N) is 1. The van der Waals surface area contributed by atoms with E-state index in [1.807, 2.05) is 6.92 Å². The van der Waals surface area contributed by atoms with Crippen LogP contribution in [0.25, 0.3) is 10.3 Å². The Balaban J connectivity index is 1.83. The first-order valence-electron chi connectivity index (χ1n) is 11.6. The zero-order valence-corrected chi connectivity index (χ0v) is 20.3. The highest BCUT2D eigenvalue weighted by atomic mass is 32.1. The van der Waals surface area contributed by atoms with Crippen molar-refractivity contribution in [2.24, 2.45) is 0 Å². The van der Waals surface area contributed by atoms with Crippen LogP contribution in [-0.4, -0.2) is 58.6 Å². The Morgan fingerprint density at radius 3 is 2.70 bits per heavy atom. The van der Waals surface area contributed by atoms with Crippen LogP contribution in [0.15, 0.2) is 11.0 Å². The number of carbonyl (C=O) groups is 1. The van der Waals surface area contributed by atoms with Crippen molar-refractivity contribution in [3.05, 3.63) is 15.9 Å². The van der Waals surface area contributed by atoms with Gasteiger partial charge in [0.15, 0.2) is 18.0 Å². The number of esters is 1. The maximum absolute atomic E-state index is 12.9. The molecule has 0 unspecified atom stereocenters. The first kappa shape index (κ1) is 25.5. The molecule has 10 nitrogen and oxygen atoms in total. The SMILES string of the molecule is CCCCCCCCO[C@@H]1[C@@H](OC(C)=O)[C@H](n2c(=O)sc3cnc(N)nc32)O[C@@H]1COCC. The van der Waals surface area contributed by atoms with E-state index in [1.54, 1.807) is 0 Å². The fourth-order valence-electron chi connectivity index (χ4n) is 3.98. The summed E-state index contributed by atoms with van der Waals surface area (Å²) in [5.74, 6) is -0.446. The summed E-state index contributed by atoms with van der Waals surface area (Å²) in [6.45, 7) is 6.65. The van der Waals surface area contributed by atoms with E-state index in [9.17, 15) is 9.59 Å². The smallest absolute Gasteiger partial charge is 0.311 e. The molecule has 0 bridgehead atoms. The van der Waals surface area contributed by atoms with Crippen molar-refractivity contribution >= 4 is 33.6 Å². The number of nitrogen functional groups attached to an aromatic ring is 1. The average Bonchev–Trinajstić information content (AvgIpc) is 3.27. The maximum Gasteiger partial charge on any atom is 0.311 e. The Kier molecular flexibility index (Phi) is 9.60. The van der Waals surface area contributed by atoms with Crippen LogP contribution < -0.4 is 10.6 Å². The molecule has 3 rings (SSSR count). The molecule has 1 saturated heterocycles. The average molecular weight is 483 g/mol. The minimum atomic E-state index is -0.913. The minimum Gasteiger partial charge on any atom is -0.455 e. The molecule has 33 heavy (non-hydrogen) atoms. The Bertz CT molecular complexity index is 964. The predicted molar refractivity (Wildman–Crippen MR) is 125 cm³/mol. The van der Waals surface area contributed by atoms with Crippen molar-refractivity contribution in [1.29, 1.82) is 0 Å². The van der Waals surface area contributed by atoms with Gasteiger partial charge in [0.05, 0.1) is 17.5 Å². The monoisotopic (exact) mass is 482 g/mol. The van der Waals surface area contributed by atoms with Crippen molar-refractivity contribution in [3.63, 3.8) is 0 Å². The summed E-state index contributed by atoms with van der Waals surface area (Å²) in [6.07, 6.45) is 5.43. The third-order valence-corrected chi connectivity index (χ3v) is 6.39. The zero-order valence-electron chi connectivity index (χ0n) is 19.5. The number of hydrogen-bond donors (Lipinski definition) is 1. The molecule has 3 heterocycles. The van der Waals surface area contributed by atoms with Gasteiger partial charge in [-0.15, -0.1) is 0 Å². The van der Waals surface area contributed by atoms with Crippen molar-refractivity contribution in [2.75, 3.05) is 25.6 Å². The van der Waals surface area contributed by atoms with Crippen LogP contribution >= 0.6 is 11.3 Å². The summed E-state index contributed by atoms with van der Waals surface area (Å²) in [7, 11) is 0. The highest BCUT2D eigenvalue weighted by molar-refractivity contribution is 7.16. The van der Waals surface area contributed by atoms with E-state index in [1.165, 1.54) is 37.0 Å². The number of hydrogen-bond acceptors (Lipinski definition) is 10. The molecule has 11 heteroatoms. The molecule has 184 valence electrons. The maximum atomic E-state index is 12.9. The number of aromatic nitrogens is 3. The molecule has 0 saturated carbocycles. The molecule has 0 spiro atoms. The third-order valence-electron chi connectivity index (χ3n) is 5.51. The molecule has 1 fully saturated rings. The van der Waals surface area contributed by atoms with Gasteiger partial charge in [-0.2, -0.15) is 4.98 Å². The van der Waals surface area contributed by atoms with Crippen LogP contribution in [0.4, 0.5) is 5.95 Å². The van der Waals surface area contributed by atoms with Gasteiger partial charge in [-0.05, 0) is 13.3 Å². The summed E-state index contributed by atoms with van der Waals surface area (Å²) in [6, 6.07) is 0. The molecule has 2 aromatic rings. The first-order chi connectivity index (χ1) is 16.0. The largest absolute Gasteiger partial charge is 0.455 e. The van der Waals surface area contributed by atoms with Crippen LogP contribution in [0.1, 0.15) is 65.5 Å². The number of carbonyl (C=O) groups excluding carboxylic acids is 1. The number of ether oxygens (including phenoxy) is 4. The molecule has 4 atom stereocenters. The lowest BCUT2D eigenvalue weighted by Gasteiger charge is -2.24. The van der Waals surface area contributed by atoms with Crippen LogP contribution in [0.2, 0.25) is 0 Å². The number of unbranched alkanes of at least 4 members (excludes halogenated alkanes) is 5. The number of nitrogens with zero attached hydrogens (tertiary/aromatic N) is 3. The van der Waals surface area contributed by atoms with Gasteiger partial charge in [-0.3, -0.25) is 14.2 Å². The fourth-order valence-corrected chi connectivity index (χ4v) is 4.80. The van der Waals surface area contributed by atoms with E-state index in [2.05, 4.69) is 16.9 Å². The molecule has 2 aromatic heterocycles. The molecular formula is C22H34N4O6S. The van der Waals surface area contributed by atoms with E-state index in [0.717, 1.165) is 30.6 Å². The van der Waals surface area contributed by atoms with Gasteiger partial charge >= 0.3 is 10.8 Å². The number of anilines is 1. The Labute approximate surface area is 197 Å². The van der Waals surface area contributed by atoms with Gasteiger partial charge in [0, 0.05) is 20.1 Å². The van der Waals surface area contributed by atoms with Gasteiger partial charge < -0.3 is 24.7 Å². The molecule has 2 N–H and O–H groups in total. The molecule has 0 aromatic carbocycles. The molecule has 0 aliphatic carbocycles. The highest BCUT2D eigenvalue weighted by Gasteiger charge is 2.49. The van der Waals surface area contributed by atoms with Gasteiger partial charge in [-0.1, -0.05) is 50.4 Å². The molecule has 1 aliphatic rings. The highest BCUT2D eigenvalue weighted by Crippen LogP contribution is 2.36. The van der Waals surface area contributed by atoms with Gasteiger partial charge in [0.2, 0.25) is 5.95 Å². The number of rotatable bonds is 13. The zero-order chi connectivity index (χ0) is 23.8. The summed E-state index contributed by atoms with van der Waals surface area (Å²) >= 11 is 0.981. The van der Waals surface area contributed by atoms with E-state index in [4.69, 9.17) is 24.7 Å². The first-order valence-corrected chi connectivity index (χ1v) is 12.4. The Hall–Kier alpha value is -2.08. The lowest BCUT2D eigenvalue weighted by molar-refractivity contribution is -0.157. The van der Waals surface area contributed by atoms with E-state index in [0.29, 0.717) is 23.6 Å². The summed E-state index contributed by atoms with van der Waals surface area (Å²) < 4.78 is 25.6. The number of thiazole rings is 1. The Morgan fingerprint density at radius 1 is 1.21 bits per heavy atom. The lowest BCUT2D eigenvalue weighted by atomic mass is 10.1. The standard InChI is InChI=1S/C22H34N4O6S/c1-4-6-7-8-9-10-11-30-17-15(13-29-5-2)32-20(18(17)31-14(3)27)26-19-16(33-22(26)28)12-24-21(23)25-19/h12,15,17-18,20H,4-11,13H2,1-3H3,(H2,23,24,25)/t15-,17+,18-,20-/m1/s1. The topological polar surface area (TPSA) is 128 Å². The molecular weight excluding hydrogens is 448 g/mol. The van der Waals surface area contributed by atoms with Crippen LogP contribution in [-0.2, 0) is 23.7 Å². The van der Waals surface area contributed by atoms with Crippen LogP contribution in [0.3, 0.4) is 0 Å². The van der Waals surface area contributed by atoms with Crippen molar-refractivity contribution in [2.45, 2.75) is 83.8 Å². The predicted octanol–water partition coefficient (Wildman–Crippen LogP) is 3.05. The summed E-state index contributed by atoms with van der Waals surface area (Å²) in [5, 5.41) is 0. The quantitative estimate of drug-likeness (QED) is 0.338. The van der Waals surface area contributed by atoms with Crippen molar-refractivity contribution in [3.8, 4) is 0 Å². The van der Waals surface area contributed by atoms with Crippen LogP contribution in [0, 0.1) is 0 Å². The second-order valence-corrected chi connectivity index (χ2v) is 9.05. The second kappa shape index (κ2) is 12.4. The Morgan fingerprint density at radius 2 is 1.97 bits per heavy atom. The summed E-state index contributed by atoms with van der Waals surface area (Å²) in [4.78, 5) is 32.7. The van der Waals surface area contributed by atoms with E-state index < -0.39 is 30.5 Å². The molecule has 0 amide bonds. The molecule has 0 radical (unpaired) electrons. The second-order valence-electron chi connectivity index (χ2n) is 8.06. The van der Waals surface area contributed by atoms with Crippen LogP contribution in [0.5, 0.6) is 0 Å². The lowest BCUT2D eigenvalue weighted by Crippen LogP contribution is -2.40. The fraction of sp³-hybridized carbons (Fsp3) is 0.727. The minimum absolute atomic E-state index is 0.0397. The van der Waals surface area contributed by atoms with Gasteiger partial charge in [0.25, 0.3) is 0 Å². The number of fused-ring (bicyclic) bond motifs is 1. The van der Waals surface area contributed by atoms with E-state index in [-0.39, 0.29) is 17.4 Å². The van der Waals surface area contributed by atoms with Gasteiger partial charge in [0.1, 0.15) is 12.2 Å². The van der Waals surface area contributed by atoms with Gasteiger partial charge in [-0.25, -0.2) is 4.98 Å². The summed E-state index contributed by atoms with van der Waals surface area (Å²) in [5.41, 5.74) is 6.10. The van der Waals surface area contributed by atoms with Crippen molar-refractivity contribution < 1.29 is 23.7 Å². The normalized spacial score (nSPS) is 22.8. The van der Waals surface area contributed by atoms with Crippen molar-refractivity contribution in [1.82, 2.24) is 14.5 Å². The third kappa shape index (κ3) is 6.50. The molecule has 1 aliphatic heterocycles.